The molecule has 2 fully saturated rings. The molecule has 0 bridgehead atoms. The number of carbonyl (C=O) groups excluding carboxylic acids is 1. The second-order valence-electron chi connectivity index (χ2n) is 6.78. The first-order chi connectivity index (χ1) is 12.2. The van der Waals surface area contributed by atoms with Gasteiger partial charge in [-0.2, -0.15) is 0 Å². The van der Waals surface area contributed by atoms with E-state index in [2.05, 4.69) is 24.0 Å². The van der Waals surface area contributed by atoms with Gasteiger partial charge < -0.3 is 14.4 Å². The quantitative estimate of drug-likeness (QED) is 0.860. The zero-order valence-electron chi connectivity index (χ0n) is 14.3. The van der Waals surface area contributed by atoms with Crippen LogP contribution in [0.4, 0.5) is 0 Å². The van der Waals surface area contributed by atoms with Crippen molar-refractivity contribution in [1.29, 1.82) is 0 Å². The zero-order chi connectivity index (χ0) is 17.2. The van der Waals surface area contributed by atoms with E-state index in [1.54, 1.807) is 18.3 Å². The van der Waals surface area contributed by atoms with E-state index < -0.39 is 0 Å². The fourth-order valence-electron chi connectivity index (χ4n) is 3.61. The molecule has 0 unspecified atom stereocenters. The van der Waals surface area contributed by atoms with Crippen LogP contribution in [-0.4, -0.2) is 41.7 Å². The molecule has 1 aromatic carbocycles. The summed E-state index contributed by atoms with van der Waals surface area (Å²) in [5.41, 5.74) is 1.81. The molecule has 2 saturated heterocycles. The van der Waals surface area contributed by atoms with Crippen molar-refractivity contribution < 1.29 is 14.3 Å². The minimum Gasteiger partial charge on any atom is -0.472 e. The largest absolute Gasteiger partial charge is 0.472 e. The number of nitrogens with zero attached hydrogens (tertiary/aromatic N) is 2. The van der Waals surface area contributed by atoms with Gasteiger partial charge in [0.2, 0.25) is 5.88 Å². The molecule has 5 nitrogen and oxygen atoms in total. The Labute approximate surface area is 147 Å². The van der Waals surface area contributed by atoms with Crippen LogP contribution in [0.3, 0.4) is 0 Å². The highest BCUT2D eigenvalue weighted by Gasteiger charge is 2.40. The van der Waals surface area contributed by atoms with Gasteiger partial charge in [0.1, 0.15) is 6.10 Å². The van der Waals surface area contributed by atoms with Crippen molar-refractivity contribution in [2.75, 3.05) is 19.8 Å². The number of rotatable bonds is 4. The maximum atomic E-state index is 13.0. The third-order valence-electron chi connectivity index (χ3n) is 4.92. The van der Waals surface area contributed by atoms with Gasteiger partial charge in [-0.05, 0) is 17.5 Å². The van der Waals surface area contributed by atoms with Crippen molar-refractivity contribution in [2.45, 2.75) is 25.5 Å². The standard InChI is InChI=1S/C20H22N2O3/c1-14-12-22(19(14)15-5-3-2-4-6-15)20(23)16-7-9-21-18(11-16)25-17-8-10-24-13-17/h2-7,9,11,14,17,19H,8,10,12-13H2,1H3/t14-,17-,19-/m1/s1. The highest BCUT2D eigenvalue weighted by atomic mass is 16.5. The molecule has 0 N–H and O–H groups in total. The van der Waals surface area contributed by atoms with E-state index in [0.717, 1.165) is 13.0 Å². The molecule has 0 saturated carbocycles. The molecule has 3 heterocycles. The Morgan fingerprint density at radius 1 is 1.28 bits per heavy atom. The lowest BCUT2D eigenvalue weighted by molar-refractivity contribution is 0.0197. The Morgan fingerprint density at radius 2 is 2.12 bits per heavy atom. The van der Waals surface area contributed by atoms with E-state index in [9.17, 15) is 4.79 Å². The van der Waals surface area contributed by atoms with Crippen molar-refractivity contribution in [1.82, 2.24) is 9.88 Å². The van der Waals surface area contributed by atoms with Gasteiger partial charge in [-0.3, -0.25) is 4.79 Å². The second kappa shape index (κ2) is 6.84. The Balaban J connectivity index is 1.50. The van der Waals surface area contributed by atoms with Gasteiger partial charge in [-0.15, -0.1) is 0 Å². The molecule has 2 aromatic rings. The number of likely N-dealkylation sites (tertiary alicyclic amines) is 1. The van der Waals surface area contributed by atoms with E-state index in [0.29, 0.717) is 30.6 Å². The molecule has 1 amide bonds. The van der Waals surface area contributed by atoms with Crippen LogP contribution in [0.1, 0.15) is 35.3 Å². The first kappa shape index (κ1) is 16.1. The maximum absolute atomic E-state index is 13.0. The Kier molecular flexibility index (Phi) is 4.40. The second-order valence-corrected chi connectivity index (χ2v) is 6.78. The normalized spacial score (nSPS) is 25.5. The summed E-state index contributed by atoms with van der Waals surface area (Å²) >= 11 is 0. The maximum Gasteiger partial charge on any atom is 0.254 e. The number of carbonyl (C=O) groups is 1. The molecule has 0 spiro atoms. The average Bonchev–Trinajstić information content (AvgIpc) is 3.13. The molecule has 4 rings (SSSR count). The molecule has 130 valence electrons. The summed E-state index contributed by atoms with van der Waals surface area (Å²) in [6.45, 7) is 4.25. The van der Waals surface area contributed by atoms with Crippen LogP contribution >= 0.6 is 0 Å². The van der Waals surface area contributed by atoms with Crippen molar-refractivity contribution in [3.05, 3.63) is 59.8 Å². The van der Waals surface area contributed by atoms with E-state index in [1.165, 1.54) is 5.56 Å². The summed E-state index contributed by atoms with van der Waals surface area (Å²) in [6, 6.07) is 13.8. The van der Waals surface area contributed by atoms with Crippen LogP contribution in [-0.2, 0) is 4.74 Å². The molecule has 0 radical (unpaired) electrons. The number of benzene rings is 1. The highest BCUT2D eigenvalue weighted by Crippen LogP contribution is 2.39. The van der Waals surface area contributed by atoms with Crippen LogP contribution in [0.2, 0.25) is 0 Å². The topological polar surface area (TPSA) is 51.7 Å². The monoisotopic (exact) mass is 338 g/mol. The SMILES string of the molecule is C[C@@H]1CN(C(=O)c2ccnc(O[C@@H]3CCOC3)c2)[C@H]1c1ccccc1. The number of hydrogen-bond acceptors (Lipinski definition) is 4. The summed E-state index contributed by atoms with van der Waals surface area (Å²) in [5, 5.41) is 0. The van der Waals surface area contributed by atoms with Crippen molar-refractivity contribution in [2.24, 2.45) is 5.92 Å². The Bertz CT molecular complexity index is 744. The van der Waals surface area contributed by atoms with Crippen LogP contribution in [0.15, 0.2) is 48.7 Å². The fraction of sp³-hybridized carbons (Fsp3) is 0.400. The number of pyridine rings is 1. The summed E-state index contributed by atoms with van der Waals surface area (Å²) in [6.07, 6.45) is 2.53. The molecular formula is C20H22N2O3. The molecule has 2 aliphatic rings. The molecular weight excluding hydrogens is 316 g/mol. The predicted molar refractivity (Wildman–Crippen MR) is 93.5 cm³/mol. The van der Waals surface area contributed by atoms with Crippen molar-refractivity contribution >= 4 is 5.91 Å². The van der Waals surface area contributed by atoms with Gasteiger partial charge >= 0.3 is 0 Å². The number of aromatic nitrogens is 1. The molecule has 1 aromatic heterocycles. The van der Waals surface area contributed by atoms with Crippen LogP contribution in [0, 0.1) is 5.92 Å². The number of amides is 1. The van der Waals surface area contributed by atoms with Gasteiger partial charge in [0.05, 0.1) is 19.3 Å². The first-order valence-electron chi connectivity index (χ1n) is 8.79. The lowest BCUT2D eigenvalue weighted by Crippen LogP contribution is -2.51. The van der Waals surface area contributed by atoms with Crippen molar-refractivity contribution in [3.8, 4) is 5.88 Å². The molecule has 0 aliphatic carbocycles. The highest BCUT2D eigenvalue weighted by molar-refractivity contribution is 5.95. The van der Waals surface area contributed by atoms with Crippen LogP contribution < -0.4 is 4.74 Å². The van der Waals surface area contributed by atoms with E-state index in [-0.39, 0.29) is 18.1 Å². The van der Waals surface area contributed by atoms with E-state index in [1.807, 2.05) is 23.1 Å². The van der Waals surface area contributed by atoms with Crippen LogP contribution in [0.5, 0.6) is 5.88 Å². The fourth-order valence-corrected chi connectivity index (χ4v) is 3.61. The first-order valence-corrected chi connectivity index (χ1v) is 8.79. The van der Waals surface area contributed by atoms with Crippen molar-refractivity contribution in [3.63, 3.8) is 0 Å². The van der Waals surface area contributed by atoms with Gasteiger partial charge in [0.25, 0.3) is 5.91 Å². The lowest BCUT2D eigenvalue weighted by atomic mass is 9.84. The molecule has 2 aliphatic heterocycles. The predicted octanol–water partition coefficient (Wildman–Crippen LogP) is 3.08. The zero-order valence-corrected chi connectivity index (χ0v) is 14.3. The van der Waals surface area contributed by atoms with E-state index in [4.69, 9.17) is 9.47 Å². The summed E-state index contributed by atoms with van der Waals surface area (Å²) in [5.74, 6) is 0.979. The average molecular weight is 338 g/mol. The third kappa shape index (κ3) is 3.24. The Morgan fingerprint density at radius 3 is 2.84 bits per heavy atom. The number of hydrogen-bond donors (Lipinski definition) is 0. The molecule has 5 heteroatoms. The minimum atomic E-state index is 0.0268. The van der Waals surface area contributed by atoms with Gasteiger partial charge in [-0.1, -0.05) is 37.3 Å². The summed E-state index contributed by atoms with van der Waals surface area (Å²) in [7, 11) is 0. The van der Waals surface area contributed by atoms with Gasteiger partial charge in [-0.25, -0.2) is 4.98 Å². The molecule has 25 heavy (non-hydrogen) atoms. The van der Waals surface area contributed by atoms with Gasteiger partial charge in [0.15, 0.2) is 0 Å². The third-order valence-corrected chi connectivity index (χ3v) is 4.92. The Hall–Kier alpha value is -2.40. The van der Waals surface area contributed by atoms with Crippen LogP contribution in [0.25, 0.3) is 0 Å². The number of ether oxygens (including phenoxy) is 2. The summed E-state index contributed by atoms with van der Waals surface area (Å²) in [4.78, 5) is 19.1. The lowest BCUT2D eigenvalue weighted by Gasteiger charge is -2.47. The summed E-state index contributed by atoms with van der Waals surface area (Å²) < 4.78 is 11.1. The van der Waals surface area contributed by atoms with Gasteiger partial charge in [0, 0.05) is 30.8 Å². The minimum absolute atomic E-state index is 0.0268. The van der Waals surface area contributed by atoms with E-state index >= 15 is 0 Å². The molecule has 3 atom stereocenters. The smallest absolute Gasteiger partial charge is 0.254 e.